The summed E-state index contributed by atoms with van der Waals surface area (Å²) < 4.78 is 37.7. The third-order valence-corrected chi connectivity index (χ3v) is 6.54. The fourth-order valence-electron chi connectivity index (χ4n) is 4.10. The monoisotopic (exact) mass is 538 g/mol. The number of methoxy groups -OCH3 is 1. The summed E-state index contributed by atoms with van der Waals surface area (Å²) in [4.78, 5) is 41.1. The standard InChI is InChI=1S/C27H27FN4O7/c1-36-22-11-17-19(12-23(22)37-14-27(7-8-27)39-24(33)13-29)31-9-6-20(17)38-21-5-4-16(10-18(21)28)32(26(30)35)25(34)15-2-3-15/h4-6,9-12,15H,2-3,7-8,13-14,29H2,1H3,(H2,30,35). The van der Waals surface area contributed by atoms with Gasteiger partial charge in [-0.3, -0.25) is 14.6 Å². The molecule has 0 bridgehead atoms. The molecule has 2 aliphatic carbocycles. The number of urea groups is 1. The Balaban J connectivity index is 1.38. The van der Waals surface area contributed by atoms with E-state index in [9.17, 15) is 14.4 Å². The van der Waals surface area contributed by atoms with E-state index in [1.807, 2.05) is 0 Å². The lowest BCUT2D eigenvalue weighted by Gasteiger charge is -2.20. The van der Waals surface area contributed by atoms with Crippen molar-refractivity contribution in [3.8, 4) is 23.0 Å². The number of amides is 3. The molecule has 0 saturated heterocycles. The normalized spacial score (nSPS) is 15.4. The first-order valence-corrected chi connectivity index (χ1v) is 12.4. The van der Waals surface area contributed by atoms with Crippen LogP contribution in [0.4, 0.5) is 14.9 Å². The number of aromatic nitrogens is 1. The number of carbonyl (C=O) groups excluding carboxylic acids is 3. The molecule has 1 aromatic heterocycles. The van der Waals surface area contributed by atoms with Crippen molar-refractivity contribution in [3.05, 3.63) is 48.4 Å². The number of imide groups is 1. The lowest BCUT2D eigenvalue weighted by molar-refractivity contribution is -0.151. The summed E-state index contributed by atoms with van der Waals surface area (Å²) in [6.45, 7) is -0.0843. The molecule has 11 nitrogen and oxygen atoms in total. The average Bonchev–Trinajstić information content (AvgIpc) is 3.85. The molecular formula is C27H27FN4O7. The van der Waals surface area contributed by atoms with Gasteiger partial charge in [0.25, 0.3) is 0 Å². The summed E-state index contributed by atoms with van der Waals surface area (Å²) in [7, 11) is 1.47. The Hall–Kier alpha value is -4.45. The average molecular weight is 539 g/mol. The summed E-state index contributed by atoms with van der Waals surface area (Å²) in [6, 6.07) is 7.62. The van der Waals surface area contributed by atoms with Crippen LogP contribution >= 0.6 is 0 Å². The number of halogens is 1. The van der Waals surface area contributed by atoms with Gasteiger partial charge in [0.15, 0.2) is 23.1 Å². The van der Waals surface area contributed by atoms with E-state index in [0.29, 0.717) is 48.1 Å². The van der Waals surface area contributed by atoms with Crippen molar-refractivity contribution < 1.29 is 37.7 Å². The minimum absolute atomic E-state index is 0.0258. The highest BCUT2D eigenvalue weighted by Gasteiger charge is 2.48. The quantitative estimate of drug-likeness (QED) is 0.369. The van der Waals surface area contributed by atoms with Crippen LogP contribution in [0.5, 0.6) is 23.0 Å². The fraction of sp³-hybridized carbons (Fsp3) is 0.333. The second-order valence-electron chi connectivity index (χ2n) is 9.48. The highest BCUT2D eigenvalue weighted by Crippen LogP contribution is 2.43. The molecule has 0 unspecified atom stereocenters. The summed E-state index contributed by atoms with van der Waals surface area (Å²) in [5.41, 5.74) is 10.5. The van der Waals surface area contributed by atoms with Crippen molar-refractivity contribution >= 4 is 34.5 Å². The highest BCUT2D eigenvalue weighted by atomic mass is 19.1. The summed E-state index contributed by atoms with van der Waals surface area (Å²) in [5, 5.41) is 0.517. The SMILES string of the molecule is COc1cc2c(Oc3ccc(N(C(N)=O)C(=O)C4CC4)cc3F)ccnc2cc1OCC1(OC(=O)CN)CC1. The van der Waals surface area contributed by atoms with Gasteiger partial charge in [0, 0.05) is 29.6 Å². The number of carbonyl (C=O) groups is 3. The second-order valence-corrected chi connectivity index (χ2v) is 9.48. The van der Waals surface area contributed by atoms with Crippen LogP contribution in [-0.4, -0.2) is 48.8 Å². The Morgan fingerprint density at radius 1 is 1.08 bits per heavy atom. The second kappa shape index (κ2) is 10.4. The van der Waals surface area contributed by atoms with E-state index in [1.54, 1.807) is 18.2 Å². The summed E-state index contributed by atoms with van der Waals surface area (Å²) in [6.07, 6.45) is 4.16. The van der Waals surface area contributed by atoms with Crippen LogP contribution in [0.1, 0.15) is 25.7 Å². The Labute approximate surface area is 222 Å². The number of esters is 1. The number of hydrogen-bond donors (Lipinski definition) is 2. The molecule has 2 aliphatic rings. The van der Waals surface area contributed by atoms with Crippen molar-refractivity contribution in [1.29, 1.82) is 0 Å². The van der Waals surface area contributed by atoms with Gasteiger partial charge < -0.3 is 30.4 Å². The summed E-state index contributed by atoms with van der Waals surface area (Å²) >= 11 is 0. The molecule has 2 fully saturated rings. The number of rotatable bonds is 10. The lowest BCUT2D eigenvalue weighted by Crippen LogP contribution is -2.41. The van der Waals surface area contributed by atoms with E-state index >= 15 is 4.39 Å². The van der Waals surface area contributed by atoms with Gasteiger partial charge in [0.05, 0.1) is 24.9 Å². The van der Waals surface area contributed by atoms with Gasteiger partial charge in [-0.25, -0.2) is 14.1 Å². The molecule has 204 valence electrons. The van der Waals surface area contributed by atoms with Crippen molar-refractivity contribution in [3.63, 3.8) is 0 Å². The van der Waals surface area contributed by atoms with Crippen LogP contribution in [0.2, 0.25) is 0 Å². The third kappa shape index (κ3) is 5.55. The molecule has 1 heterocycles. The van der Waals surface area contributed by atoms with Crippen molar-refractivity contribution in [2.75, 3.05) is 25.2 Å². The van der Waals surface area contributed by atoms with Crippen LogP contribution in [0.15, 0.2) is 42.6 Å². The van der Waals surface area contributed by atoms with Crippen molar-refractivity contribution in [1.82, 2.24) is 4.98 Å². The number of primary amides is 1. The predicted molar refractivity (Wildman–Crippen MR) is 137 cm³/mol. The molecule has 12 heteroatoms. The predicted octanol–water partition coefficient (Wildman–Crippen LogP) is 3.41. The zero-order chi connectivity index (χ0) is 27.7. The number of ether oxygens (including phenoxy) is 4. The Morgan fingerprint density at radius 2 is 1.85 bits per heavy atom. The van der Waals surface area contributed by atoms with E-state index in [0.717, 1.165) is 11.0 Å². The largest absolute Gasteiger partial charge is 0.493 e. The Kier molecular flexibility index (Phi) is 6.96. The highest BCUT2D eigenvalue weighted by molar-refractivity contribution is 6.15. The number of nitrogens with zero attached hydrogens (tertiary/aromatic N) is 2. The zero-order valence-electron chi connectivity index (χ0n) is 21.1. The molecule has 4 N–H and O–H groups in total. The van der Waals surface area contributed by atoms with E-state index in [-0.39, 0.29) is 36.3 Å². The van der Waals surface area contributed by atoms with Crippen LogP contribution in [0.25, 0.3) is 10.9 Å². The first-order chi connectivity index (χ1) is 18.7. The fourth-order valence-corrected chi connectivity index (χ4v) is 4.10. The van der Waals surface area contributed by atoms with Gasteiger partial charge in [0.1, 0.15) is 18.0 Å². The van der Waals surface area contributed by atoms with Crippen molar-refractivity contribution in [2.24, 2.45) is 17.4 Å². The van der Waals surface area contributed by atoms with Crippen LogP contribution in [0, 0.1) is 11.7 Å². The molecular weight excluding hydrogens is 511 g/mol. The lowest BCUT2D eigenvalue weighted by atomic mass is 10.1. The smallest absolute Gasteiger partial charge is 0.326 e. The molecule has 39 heavy (non-hydrogen) atoms. The number of benzene rings is 2. The summed E-state index contributed by atoms with van der Waals surface area (Å²) in [5.74, 6) is -1.12. The Morgan fingerprint density at radius 3 is 2.46 bits per heavy atom. The molecule has 0 aliphatic heterocycles. The van der Waals surface area contributed by atoms with Gasteiger partial charge >= 0.3 is 12.0 Å². The maximum absolute atomic E-state index is 15.1. The van der Waals surface area contributed by atoms with E-state index in [1.165, 1.54) is 25.4 Å². The molecule has 5 rings (SSSR count). The molecule has 0 spiro atoms. The van der Waals surface area contributed by atoms with E-state index < -0.39 is 29.3 Å². The van der Waals surface area contributed by atoms with Crippen molar-refractivity contribution in [2.45, 2.75) is 31.3 Å². The molecule has 3 amide bonds. The van der Waals surface area contributed by atoms with Crippen LogP contribution in [0.3, 0.4) is 0 Å². The van der Waals surface area contributed by atoms with Gasteiger partial charge in [-0.05, 0) is 49.9 Å². The minimum Gasteiger partial charge on any atom is -0.493 e. The van der Waals surface area contributed by atoms with Crippen LogP contribution in [-0.2, 0) is 14.3 Å². The van der Waals surface area contributed by atoms with Gasteiger partial charge in [-0.15, -0.1) is 0 Å². The number of nitrogens with two attached hydrogens (primary N) is 2. The van der Waals surface area contributed by atoms with E-state index in [4.69, 9.17) is 30.4 Å². The minimum atomic E-state index is -0.977. The number of anilines is 1. The molecule has 3 aromatic rings. The number of pyridine rings is 1. The van der Waals surface area contributed by atoms with E-state index in [2.05, 4.69) is 4.98 Å². The Bertz CT molecular complexity index is 1460. The first-order valence-electron chi connectivity index (χ1n) is 12.4. The van der Waals surface area contributed by atoms with Crippen LogP contribution < -0.4 is 30.6 Å². The molecule has 2 aromatic carbocycles. The number of hydrogen-bond acceptors (Lipinski definition) is 9. The van der Waals surface area contributed by atoms with Gasteiger partial charge in [-0.2, -0.15) is 0 Å². The zero-order valence-corrected chi connectivity index (χ0v) is 21.1. The number of fused-ring (bicyclic) bond motifs is 1. The third-order valence-electron chi connectivity index (χ3n) is 6.54. The molecule has 0 radical (unpaired) electrons. The van der Waals surface area contributed by atoms with Gasteiger partial charge in [0.2, 0.25) is 5.91 Å². The topological polar surface area (TPSA) is 156 Å². The molecule has 2 saturated carbocycles. The molecule has 0 atom stereocenters. The van der Waals surface area contributed by atoms with Gasteiger partial charge in [-0.1, -0.05) is 0 Å². The first kappa shape index (κ1) is 26.2. The maximum atomic E-state index is 15.1. The maximum Gasteiger partial charge on any atom is 0.326 e.